The fourth-order valence-corrected chi connectivity index (χ4v) is 5.77. The summed E-state index contributed by atoms with van der Waals surface area (Å²) in [6.07, 6.45) is 1.30. The molecular weight excluding hydrogens is 522 g/mol. The molecule has 3 aromatic rings. The highest BCUT2D eigenvalue weighted by Gasteiger charge is 2.32. The quantitative estimate of drug-likeness (QED) is 0.306. The number of benzene rings is 3. The maximum atomic E-state index is 13.9. The number of aryl methyl sites for hydroxylation is 1. The number of nitrogens with one attached hydrogen (secondary N) is 1. The van der Waals surface area contributed by atoms with Gasteiger partial charge in [-0.15, -0.1) is 0 Å². The van der Waals surface area contributed by atoms with Crippen molar-refractivity contribution >= 4 is 27.5 Å². The van der Waals surface area contributed by atoms with Crippen molar-refractivity contribution in [1.29, 1.82) is 0 Å². The minimum atomic E-state index is -4.07. The van der Waals surface area contributed by atoms with Crippen LogP contribution in [0.1, 0.15) is 56.7 Å². The Kier molecular flexibility index (Phi) is 10.9. The fraction of sp³-hybridized carbons (Fsp3) is 0.375. The van der Waals surface area contributed by atoms with Crippen molar-refractivity contribution in [3.05, 3.63) is 95.6 Å². The molecule has 0 spiro atoms. The molecule has 8 heteroatoms. The molecule has 0 radical (unpaired) electrons. The Bertz CT molecular complexity index is 1360. The predicted octanol–water partition coefficient (Wildman–Crippen LogP) is 5.30. The molecule has 0 aliphatic carbocycles. The van der Waals surface area contributed by atoms with Crippen LogP contribution in [0.4, 0.5) is 5.69 Å². The lowest BCUT2D eigenvalue weighted by Gasteiger charge is -2.32. The summed E-state index contributed by atoms with van der Waals surface area (Å²) < 4.78 is 29.0. The maximum absolute atomic E-state index is 13.9. The Labute approximate surface area is 239 Å². The van der Waals surface area contributed by atoms with Gasteiger partial charge in [0.25, 0.3) is 10.0 Å². The van der Waals surface area contributed by atoms with Crippen molar-refractivity contribution < 1.29 is 18.0 Å². The molecule has 0 aromatic heterocycles. The zero-order valence-corrected chi connectivity index (χ0v) is 24.9. The van der Waals surface area contributed by atoms with Gasteiger partial charge in [0.05, 0.1) is 10.6 Å². The predicted molar refractivity (Wildman–Crippen MR) is 161 cm³/mol. The number of amides is 2. The molecule has 3 aromatic carbocycles. The molecule has 2 amide bonds. The van der Waals surface area contributed by atoms with Crippen LogP contribution >= 0.6 is 0 Å². The zero-order valence-electron chi connectivity index (χ0n) is 24.1. The molecule has 1 N–H and O–H groups in total. The summed E-state index contributed by atoms with van der Waals surface area (Å²) in [7, 11) is -4.07. The van der Waals surface area contributed by atoms with Gasteiger partial charge in [-0.3, -0.25) is 13.9 Å². The highest BCUT2D eigenvalue weighted by Crippen LogP contribution is 2.26. The van der Waals surface area contributed by atoms with Crippen molar-refractivity contribution in [3.8, 4) is 0 Å². The lowest BCUT2D eigenvalue weighted by molar-refractivity contribution is -0.138. The zero-order chi connectivity index (χ0) is 29.3. The molecule has 0 fully saturated rings. The number of nitrogens with zero attached hydrogens (tertiary/aromatic N) is 2. The number of sulfonamides is 1. The summed E-state index contributed by atoms with van der Waals surface area (Å²) in [5, 5.41) is 2.86. The van der Waals surface area contributed by atoms with Gasteiger partial charge in [-0.1, -0.05) is 80.9 Å². The molecular formula is C32H41N3O4S. The Hall–Kier alpha value is -3.65. The molecule has 0 saturated heterocycles. The summed E-state index contributed by atoms with van der Waals surface area (Å²) in [6.45, 7) is 10.00. The van der Waals surface area contributed by atoms with Gasteiger partial charge < -0.3 is 10.2 Å². The molecule has 1 unspecified atom stereocenters. The van der Waals surface area contributed by atoms with Gasteiger partial charge in [0.15, 0.2) is 0 Å². The minimum absolute atomic E-state index is 0.100. The normalized spacial score (nSPS) is 12.2. The Morgan fingerprint density at radius 1 is 0.875 bits per heavy atom. The molecule has 3 rings (SSSR count). The van der Waals surface area contributed by atoms with Gasteiger partial charge in [-0.2, -0.15) is 0 Å². The van der Waals surface area contributed by atoms with Crippen LogP contribution in [0, 0.1) is 6.92 Å². The Morgan fingerprint density at radius 3 is 2.08 bits per heavy atom. The molecule has 7 nitrogen and oxygen atoms in total. The summed E-state index contributed by atoms with van der Waals surface area (Å²) in [5.41, 5.74) is 3.41. The van der Waals surface area contributed by atoms with Crippen LogP contribution in [-0.2, 0) is 26.0 Å². The molecule has 40 heavy (non-hydrogen) atoms. The number of hydrogen-bond acceptors (Lipinski definition) is 4. The number of carbonyl (C=O) groups excluding carboxylic acids is 2. The monoisotopic (exact) mass is 563 g/mol. The second-order valence-corrected chi connectivity index (χ2v) is 12.2. The smallest absolute Gasteiger partial charge is 0.264 e. The van der Waals surface area contributed by atoms with Gasteiger partial charge in [-0.25, -0.2) is 8.42 Å². The average molecular weight is 564 g/mol. The van der Waals surface area contributed by atoms with Crippen LogP contribution in [0.25, 0.3) is 0 Å². The Balaban J connectivity index is 1.98. The van der Waals surface area contributed by atoms with Crippen LogP contribution in [0.5, 0.6) is 0 Å². The first-order chi connectivity index (χ1) is 19.0. The number of anilines is 1. The van der Waals surface area contributed by atoms with Gasteiger partial charge in [0.1, 0.15) is 12.6 Å². The van der Waals surface area contributed by atoms with Crippen molar-refractivity contribution in [2.75, 3.05) is 23.9 Å². The van der Waals surface area contributed by atoms with Crippen molar-refractivity contribution in [3.63, 3.8) is 0 Å². The Morgan fingerprint density at radius 2 is 1.50 bits per heavy atom. The van der Waals surface area contributed by atoms with Crippen molar-refractivity contribution in [2.24, 2.45) is 0 Å². The van der Waals surface area contributed by atoms with Crippen LogP contribution in [0.3, 0.4) is 0 Å². The van der Waals surface area contributed by atoms with E-state index in [1.807, 2.05) is 56.3 Å². The van der Waals surface area contributed by atoms with E-state index >= 15 is 0 Å². The summed E-state index contributed by atoms with van der Waals surface area (Å²) in [6, 6.07) is 22.8. The second-order valence-electron chi connectivity index (χ2n) is 10.4. The van der Waals surface area contributed by atoms with E-state index in [9.17, 15) is 18.0 Å². The van der Waals surface area contributed by atoms with E-state index in [2.05, 4.69) is 19.2 Å². The number of hydrogen-bond donors (Lipinski definition) is 1. The van der Waals surface area contributed by atoms with E-state index in [1.165, 1.54) is 4.90 Å². The summed E-state index contributed by atoms with van der Waals surface area (Å²) in [5.74, 6) is -0.440. The molecule has 0 aliphatic heterocycles. The van der Waals surface area contributed by atoms with E-state index in [-0.39, 0.29) is 23.3 Å². The van der Waals surface area contributed by atoms with E-state index in [0.717, 1.165) is 27.4 Å². The van der Waals surface area contributed by atoms with Gasteiger partial charge in [0, 0.05) is 13.1 Å². The lowest BCUT2D eigenvalue weighted by Crippen LogP contribution is -2.52. The first kappa shape index (κ1) is 30.9. The van der Waals surface area contributed by atoms with Crippen molar-refractivity contribution in [2.45, 2.75) is 64.3 Å². The lowest BCUT2D eigenvalue weighted by atomic mass is 10.0. The van der Waals surface area contributed by atoms with Crippen LogP contribution < -0.4 is 9.62 Å². The average Bonchev–Trinajstić information content (AvgIpc) is 2.95. The third-order valence-electron chi connectivity index (χ3n) is 6.94. The minimum Gasteiger partial charge on any atom is -0.354 e. The highest BCUT2D eigenvalue weighted by atomic mass is 32.2. The molecule has 0 saturated carbocycles. The maximum Gasteiger partial charge on any atom is 0.264 e. The largest absolute Gasteiger partial charge is 0.354 e. The standard InChI is InChI=1S/C32H41N3O4S/c1-6-21-33-32(37)26(5)34(22-20-27-10-8-7-9-11-27)31(36)23-35(29-16-14-28(15-17-29)24(2)3)40(38,39)30-18-12-25(4)13-19-30/h7-19,24,26H,6,20-23H2,1-5H3,(H,33,37). The summed E-state index contributed by atoms with van der Waals surface area (Å²) >= 11 is 0. The first-order valence-electron chi connectivity index (χ1n) is 13.8. The third-order valence-corrected chi connectivity index (χ3v) is 8.72. The highest BCUT2D eigenvalue weighted by molar-refractivity contribution is 7.92. The van der Waals surface area contributed by atoms with Crippen LogP contribution in [-0.4, -0.2) is 50.8 Å². The molecule has 0 bridgehead atoms. The van der Waals surface area contributed by atoms with Gasteiger partial charge in [-0.05, 0) is 68.0 Å². The first-order valence-corrected chi connectivity index (χ1v) is 15.3. The number of rotatable bonds is 13. The molecule has 0 heterocycles. The molecule has 0 aliphatic rings. The van der Waals surface area contributed by atoms with Crippen molar-refractivity contribution in [1.82, 2.24) is 10.2 Å². The summed E-state index contributed by atoms with van der Waals surface area (Å²) in [4.78, 5) is 28.4. The molecule has 214 valence electrons. The fourth-order valence-electron chi connectivity index (χ4n) is 4.36. The van der Waals surface area contributed by atoms with E-state index < -0.39 is 28.5 Å². The van der Waals surface area contributed by atoms with Gasteiger partial charge in [0.2, 0.25) is 11.8 Å². The third kappa shape index (κ3) is 7.94. The topological polar surface area (TPSA) is 86.8 Å². The SMILES string of the molecule is CCCNC(=O)C(C)N(CCc1ccccc1)C(=O)CN(c1ccc(C(C)C)cc1)S(=O)(=O)c1ccc(C)cc1. The van der Waals surface area contributed by atoms with Gasteiger partial charge >= 0.3 is 0 Å². The second kappa shape index (κ2) is 14.1. The van der Waals surface area contributed by atoms with E-state index in [0.29, 0.717) is 18.7 Å². The van der Waals surface area contributed by atoms with E-state index in [4.69, 9.17) is 0 Å². The van der Waals surface area contributed by atoms with E-state index in [1.54, 1.807) is 43.3 Å². The van der Waals surface area contributed by atoms with Crippen LogP contribution in [0.2, 0.25) is 0 Å². The van der Waals surface area contributed by atoms with Crippen LogP contribution in [0.15, 0.2) is 83.8 Å². The molecule has 1 atom stereocenters. The number of carbonyl (C=O) groups is 2.